The van der Waals surface area contributed by atoms with E-state index in [9.17, 15) is 0 Å². The Morgan fingerprint density at radius 2 is 0.891 bits per heavy atom. The summed E-state index contributed by atoms with van der Waals surface area (Å²) in [5, 5.41) is 7.76. The van der Waals surface area contributed by atoms with Crippen LogP contribution in [0, 0.1) is 0 Å². The highest BCUT2D eigenvalue weighted by atomic mass is 32.1. The van der Waals surface area contributed by atoms with Crippen molar-refractivity contribution in [3.05, 3.63) is 200 Å². The second-order valence-electron chi connectivity index (χ2n) is 14.1. The van der Waals surface area contributed by atoms with E-state index >= 15 is 0 Å². The van der Waals surface area contributed by atoms with Crippen LogP contribution in [0.25, 0.3) is 84.5 Å². The van der Waals surface area contributed by atoms with Crippen molar-refractivity contribution in [3.63, 3.8) is 0 Å². The lowest BCUT2D eigenvalue weighted by Crippen LogP contribution is -2.11. The van der Waals surface area contributed by atoms with Gasteiger partial charge in [-0.15, -0.1) is 22.7 Å². The predicted molar refractivity (Wildman–Crippen MR) is 241 cm³/mol. The summed E-state index contributed by atoms with van der Waals surface area (Å²) in [4.78, 5) is 2.43. The molecule has 0 fully saturated rings. The maximum atomic E-state index is 2.43. The van der Waals surface area contributed by atoms with Gasteiger partial charge in [-0.05, 0) is 105 Å². The number of thiophene rings is 2. The van der Waals surface area contributed by atoms with Gasteiger partial charge in [-0.2, -0.15) is 0 Å². The van der Waals surface area contributed by atoms with Crippen LogP contribution in [0.4, 0.5) is 17.1 Å². The van der Waals surface area contributed by atoms with Gasteiger partial charge in [-0.3, -0.25) is 0 Å². The van der Waals surface area contributed by atoms with E-state index in [2.05, 4.69) is 205 Å². The SMILES string of the molecule is c1cc(-c2ccc3c(c2)sc2ccccc23)cc(N(c2ccc(-c3ccc4ccccc4c3)cc2)c2ccccc2-c2ccc3sc4ccccc4c3c2)c1. The van der Waals surface area contributed by atoms with Gasteiger partial charge in [-0.25, -0.2) is 0 Å². The van der Waals surface area contributed by atoms with E-state index in [1.54, 1.807) is 0 Å². The lowest BCUT2D eigenvalue weighted by molar-refractivity contribution is 1.28. The van der Waals surface area contributed by atoms with Crippen LogP contribution >= 0.6 is 22.7 Å². The molecular weight excluding hydrogens is 703 g/mol. The summed E-state index contributed by atoms with van der Waals surface area (Å²) in [6.07, 6.45) is 0. The number of rotatable bonds is 6. The van der Waals surface area contributed by atoms with Crippen molar-refractivity contribution in [1.82, 2.24) is 0 Å². The molecule has 0 atom stereocenters. The lowest BCUT2D eigenvalue weighted by Gasteiger charge is -2.28. The Labute approximate surface area is 327 Å². The highest BCUT2D eigenvalue weighted by Gasteiger charge is 2.19. The molecule has 0 saturated heterocycles. The molecule has 0 aliphatic rings. The van der Waals surface area contributed by atoms with Crippen molar-refractivity contribution in [1.29, 1.82) is 0 Å². The third kappa shape index (κ3) is 5.60. The molecule has 0 bridgehead atoms. The summed E-state index contributed by atoms with van der Waals surface area (Å²) >= 11 is 3.73. The van der Waals surface area contributed by atoms with Crippen LogP contribution in [0.5, 0.6) is 0 Å². The monoisotopic (exact) mass is 735 g/mol. The minimum absolute atomic E-state index is 1.11. The van der Waals surface area contributed by atoms with Crippen LogP contribution in [0.15, 0.2) is 200 Å². The standard InChI is InChI=1S/C52H33NS2/c1-2-11-36-30-38(21-20-34(36)10-1)35-22-26-41(27-23-35)53(42-13-9-12-37(31-42)39-24-28-46-44-15-4-7-18-49(44)55-52(46)33-39)48-17-6-3-14-43(48)40-25-29-51-47(32-40)45-16-5-8-19-50(45)54-51/h1-33H. The number of anilines is 3. The van der Waals surface area contributed by atoms with Gasteiger partial charge in [0.1, 0.15) is 0 Å². The molecule has 0 radical (unpaired) electrons. The molecule has 0 N–H and O–H groups in total. The molecule has 55 heavy (non-hydrogen) atoms. The first-order valence-corrected chi connectivity index (χ1v) is 20.3. The third-order valence-electron chi connectivity index (χ3n) is 10.9. The summed E-state index contributed by atoms with van der Waals surface area (Å²) in [5.74, 6) is 0. The van der Waals surface area contributed by atoms with Crippen molar-refractivity contribution in [2.24, 2.45) is 0 Å². The summed E-state index contributed by atoms with van der Waals surface area (Å²) in [7, 11) is 0. The zero-order chi connectivity index (χ0) is 36.3. The smallest absolute Gasteiger partial charge is 0.0540 e. The van der Waals surface area contributed by atoms with Crippen LogP contribution in [-0.2, 0) is 0 Å². The van der Waals surface area contributed by atoms with Crippen LogP contribution in [0.2, 0.25) is 0 Å². The highest BCUT2D eigenvalue weighted by Crippen LogP contribution is 2.45. The first kappa shape index (κ1) is 32.0. The highest BCUT2D eigenvalue weighted by molar-refractivity contribution is 7.26. The maximum absolute atomic E-state index is 2.43. The van der Waals surface area contributed by atoms with Gasteiger partial charge >= 0.3 is 0 Å². The average molecular weight is 736 g/mol. The van der Waals surface area contributed by atoms with E-state index in [1.165, 1.54) is 84.5 Å². The molecule has 258 valence electrons. The van der Waals surface area contributed by atoms with Gasteiger partial charge in [-0.1, -0.05) is 133 Å². The van der Waals surface area contributed by atoms with Crippen LogP contribution < -0.4 is 4.90 Å². The first-order chi connectivity index (χ1) is 27.2. The maximum Gasteiger partial charge on any atom is 0.0540 e. The molecule has 0 spiro atoms. The van der Waals surface area contributed by atoms with Crippen molar-refractivity contribution < 1.29 is 0 Å². The van der Waals surface area contributed by atoms with E-state index in [0.29, 0.717) is 0 Å². The summed E-state index contributed by atoms with van der Waals surface area (Å²) < 4.78 is 5.27. The molecule has 0 unspecified atom stereocenters. The van der Waals surface area contributed by atoms with Crippen LogP contribution in [0.1, 0.15) is 0 Å². The van der Waals surface area contributed by atoms with Gasteiger partial charge < -0.3 is 4.90 Å². The number of para-hydroxylation sites is 1. The minimum atomic E-state index is 1.11. The number of nitrogens with zero attached hydrogens (tertiary/aromatic N) is 1. The zero-order valence-electron chi connectivity index (χ0n) is 29.8. The minimum Gasteiger partial charge on any atom is -0.310 e. The summed E-state index contributed by atoms with van der Waals surface area (Å²) in [6.45, 7) is 0. The molecule has 3 heteroatoms. The Hall–Kier alpha value is -6.52. The quantitative estimate of drug-likeness (QED) is 0.164. The molecule has 9 aromatic carbocycles. The van der Waals surface area contributed by atoms with Gasteiger partial charge in [0.15, 0.2) is 0 Å². The van der Waals surface area contributed by atoms with E-state index in [1.807, 2.05) is 22.7 Å². The van der Waals surface area contributed by atoms with Gasteiger partial charge in [0.05, 0.1) is 5.69 Å². The fraction of sp³-hybridized carbons (Fsp3) is 0. The van der Waals surface area contributed by atoms with Crippen molar-refractivity contribution in [2.75, 3.05) is 4.90 Å². The Morgan fingerprint density at radius 3 is 1.75 bits per heavy atom. The fourth-order valence-electron chi connectivity index (χ4n) is 8.14. The normalized spacial score (nSPS) is 11.6. The second-order valence-corrected chi connectivity index (χ2v) is 16.3. The Kier molecular flexibility index (Phi) is 7.61. The topological polar surface area (TPSA) is 3.24 Å². The third-order valence-corrected chi connectivity index (χ3v) is 13.1. The van der Waals surface area contributed by atoms with Gasteiger partial charge in [0.2, 0.25) is 0 Å². The lowest BCUT2D eigenvalue weighted by atomic mass is 9.98. The van der Waals surface area contributed by atoms with E-state index < -0.39 is 0 Å². The van der Waals surface area contributed by atoms with Crippen LogP contribution in [-0.4, -0.2) is 0 Å². The second kappa shape index (κ2) is 13.1. The predicted octanol–water partition coefficient (Wildman–Crippen LogP) is 16.0. The van der Waals surface area contributed by atoms with Gasteiger partial charge in [0.25, 0.3) is 0 Å². The molecule has 0 saturated carbocycles. The number of fused-ring (bicyclic) bond motifs is 7. The molecule has 0 amide bonds. The summed E-state index contributed by atoms with van der Waals surface area (Å²) in [6, 6.07) is 73.6. The Morgan fingerprint density at radius 1 is 0.291 bits per heavy atom. The zero-order valence-corrected chi connectivity index (χ0v) is 31.4. The van der Waals surface area contributed by atoms with Gasteiger partial charge in [0, 0.05) is 57.3 Å². The molecule has 0 aliphatic heterocycles. The van der Waals surface area contributed by atoms with Crippen molar-refractivity contribution >= 4 is 90.9 Å². The summed E-state index contributed by atoms with van der Waals surface area (Å²) in [5.41, 5.74) is 10.6. The van der Waals surface area contributed by atoms with Crippen molar-refractivity contribution in [2.45, 2.75) is 0 Å². The Balaban J connectivity index is 1.06. The number of hydrogen-bond donors (Lipinski definition) is 0. The van der Waals surface area contributed by atoms with E-state index in [4.69, 9.17) is 0 Å². The van der Waals surface area contributed by atoms with E-state index in [-0.39, 0.29) is 0 Å². The number of hydrogen-bond acceptors (Lipinski definition) is 3. The molecule has 2 heterocycles. The van der Waals surface area contributed by atoms with E-state index in [0.717, 1.165) is 17.1 Å². The Bertz CT molecular complexity index is 3220. The molecule has 2 aromatic heterocycles. The fourth-order valence-corrected chi connectivity index (χ4v) is 10.4. The molecular formula is C52H33NS2. The largest absolute Gasteiger partial charge is 0.310 e. The molecule has 11 rings (SSSR count). The molecule has 11 aromatic rings. The average Bonchev–Trinajstić information content (AvgIpc) is 3.82. The van der Waals surface area contributed by atoms with Crippen LogP contribution in [0.3, 0.4) is 0 Å². The first-order valence-electron chi connectivity index (χ1n) is 18.7. The molecule has 0 aliphatic carbocycles. The van der Waals surface area contributed by atoms with Crippen molar-refractivity contribution in [3.8, 4) is 33.4 Å². The molecule has 1 nitrogen and oxygen atoms in total. The number of benzene rings is 9.